The zero-order chi connectivity index (χ0) is 15.1. The van der Waals surface area contributed by atoms with Crippen molar-refractivity contribution >= 4 is 11.6 Å². The molecule has 0 fully saturated rings. The highest BCUT2D eigenvalue weighted by atomic mass is 16.5. The molecule has 21 heavy (non-hydrogen) atoms. The van der Waals surface area contributed by atoms with Crippen LogP contribution in [-0.4, -0.2) is 18.1 Å². The first-order valence-electron chi connectivity index (χ1n) is 6.86. The van der Waals surface area contributed by atoms with Gasteiger partial charge in [-0.2, -0.15) is 0 Å². The maximum Gasteiger partial charge on any atom is 0.193 e. The van der Waals surface area contributed by atoms with Gasteiger partial charge in [0.1, 0.15) is 5.75 Å². The smallest absolute Gasteiger partial charge is 0.193 e. The first kappa shape index (κ1) is 14.8. The van der Waals surface area contributed by atoms with Gasteiger partial charge >= 0.3 is 0 Å². The molecule has 110 valence electrons. The second-order valence-electron chi connectivity index (χ2n) is 4.57. The summed E-state index contributed by atoms with van der Waals surface area (Å²) in [5, 5.41) is 3.04. The number of benzene rings is 1. The second kappa shape index (κ2) is 7.28. The first-order valence-corrected chi connectivity index (χ1v) is 6.86. The lowest BCUT2D eigenvalue weighted by atomic mass is 10.2. The Balaban J connectivity index is 2.00. The molecule has 5 nitrogen and oxygen atoms in total. The van der Waals surface area contributed by atoms with Crippen molar-refractivity contribution in [3.63, 3.8) is 0 Å². The maximum atomic E-state index is 5.89. The molecule has 2 rings (SSSR count). The summed E-state index contributed by atoms with van der Waals surface area (Å²) < 4.78 is 5.16. The van der Waals surface area contributed by atoms with Crippen LogP contribution < -0.4 is 15.8 Å². The Labute approximate surface area is 124 Å². The molecule has 0 atom stereocenters. The molecule has 0 aliphatic rings. The number of nitrogens with one attached hydrogen (secondary N) is 1. The maximum absolute atomic E-state index is 5.89. The Morgan fingerprint density at radius 1 is 1.33 bits per heavy atom. The number of ether oxygens (including phenoxy) is 1. The van der Waals surface area contributed by atoms with Crippen molar-refractivity contribution in [2.45, 2.75) is 19.9 Å². The number of methoxy groups -OCH3 is 1. The number of anilines is 1. The van der Waals surface area contributed by atoms with Crippen LogP contribution in [0.5, 0.6) is 5.75 Å². The second-order valence-corrected chi connectivity index (χ2v) is 4.57. The number of aryl methyl sites for hydroxylation is 1. The molecular weight excluding hydrogens is 264 g/mol. The van der Waals surface area contributed by atoms with Crippen LogP contribution in [0.15, 0.2) is 47.6 Å². The third kappa shape index (κ3) is 4.49. The zero-order valence-electron chi connectivity index (χ0n) is 12.3. The van der Waals surface area contributed by atoms with Gasteiger partial charge in [-0.25, -0.2) is 4.99 Å². The molecule has 0 bridgehead atoms. The van der Waals surface area contributed by atoms with Gasteiger partial charge in [0.05, 0.1) is 19.3 Å². The standard InChI is InChI=1S/C16H20N4O/c1-3-12-7-8-18-14(9-12)11-19-16(17)20-13-5-4-6-15(10-13)21-2/h4-10H,3,11H2,1-2H3,(H3,17,19,20). The number of guanidine groups is 1. The Morgan fingerprint density at radius 2 is 2.19 bits per heavy atom. The van der Waals surface area contributed by atoms with E-state index in [1.807, 2.05) is 36.4 Å². The molecule has 2 aromatic rings. The predicted octanol–water partition coefficient (Wildman–Crippen LogP) is 2.58. The minimum absolute atomic E-state index is 0.354. The van der Waals surface area contributed by atoms with E-state index >= 15 is 0 Å². The van der Waals surface area contributed by atoms with Gasteiger partial charge in [0, 0.05) is 18.0 Å². The Bertz CT molecular complexity index is 625. The van der Waals surface area contributed by atoms with Gasteiger partial charge < -0.3 is 15.8 Å². The van der Waals surface area contributed by atoms with E-state index < -0.39 is 0 Å². The Kier molecular flexibility index (Phi) is 5.15. The minimum atomic E-state index is 0.354. The molecule has 0 aliphatic heterocycles. The molecule has 0 aliphatic carbocycles. The van der Waals surface area contributed by atoms with Crippen molar-refractivity contribution in [1.29, 1.82) is 0 Å². The molecular formula is C16H20N4O. The van der Waals surface area contributed by atoms with Crippen LogP contribution in [0.3, 0.4) is 0 Å². The molecule has 0 amide bonds. The van der Waals surface area contributed by atoms with Gasteiger partial charge in [-0.3, -0.25) is 4.98 Å². The largest absolute Gasteiger partial charge is 0.497 e. The van der Waals surface area contributed by atoms with E-state index in [-0.39, 0.29) is 0 Å². The van der Waals surface area contributed by atoms with Gasteiger partial charge in [0.15, 0.2) is 5.96 Å². The summed E-state index contributed by atoms with van der Waals surface area (Å²) in [6, 6.07) is 11.6. The van der Waals surface area contributed by atoms with Crippen molar-refractivity contribution in [1.82, 2.24) is 4.98 Å². The number of aliphatic imine (C=N–C) groups is 1. The van der Waals surface area contributed by atoms with Crippen LogP contribution in [0.2, 0.25) is 0 Å². The van der Waals surface area contributed by atoms with Crippen LogP contribution in [0.1, 0.15) is 18.2 Å². The molecule has 0 unspecified atom stereocenters. The third-order valence-electron chi connectivity index (χ3n) is 3.04. The summed E-state index contributed by atoms with van der Waals surface area (Å²) in [6.07, 6.45) is 2.78. The van der Waals surface area contributed by atoms with E-state index in [1.165, 1.54) is 5.56 Å². The van der Waals surface area contributed by atoms with Crippen molar-refractivity contribution in [3.8, 4) is 5.75 Å². The Morgan fingerprint density at radius 3 is 2.95 bits per heavy atom. The quantitative estimate of drug-likeness (QED) is 0.654. The van der Waals surface area contributed by atoms with Crippen LogP contribution >= 0.6 is 0 Å². The van der Waals surface area contributed by atoms with E-state index in [9.17, 15) is 0 Å². The summed E-state index contributed by atoms with van der Waals surface area (Å²) in [5.74, 6) is 1.12. The number of hydrogen-bond donors (Lipinski definition) is 2. The number of nitrogens with zero attached hydrogens (tertiary/aromatic N) is 2. The van der Waals surface area contributed by atoms with Crippen LogP contribution in [0.25, 0.3) is 0 Å². The summed E-state index contributed by atoms with van der Waals surface area (Å²) in [4.78, 5) is 8.58. The molecule has 3 N–H and O–H groups in total. The molecule has 0 saturated carbocycles. The number of nitrogens with two attached hydrogens (primary N) is 1. The van der Waals surface area contributed by atoms with Gasteiger partial charge in [0.2, 0.25) is 0 Å². The molecule has 0 saturated heterocycles. The van der Waals surface area contributed by atoms with Crippen molar-refractivity contribution in [2.24, 2.45) is 10.7 Å². The highest BCUT2D eigenvalue weighted by Crippen LogP contribution is 2.16. The molecule has 1 heterocycles. The fourth-order valence-electron chi connectivity index (χ4n) is 1.89. The van der Waals surface area contributed by atoms with Crippen LogP contribution in [0.4, 0.5) is 5.69 Å². The fourth-order valence-corrected chi connectivity index (χ4v) is 1.89. The Hall–Kier alpha value is -2.56. The van der Waals surface area contributed by atoms with Crippen molar-refractivity contribution in [2.75, 3.05) is 12.4 Å². The zero-order valence-corrected chi connectivity index (χ0v) is 12.3. The topological polar surface area (TPSA) is 72.5 Å². The lowest BCUT2D eigenvalue weighted by molar-refractivity contribution is 0.415. The lowest BCUT2D eigenvalue weighted by Gasteiger charge is -2.07. The fraction of sp³-hybridized carbons (Fsp3) is 0.250. The van der Waals surface area contributed by atoms with Gasteiger partial charge in [-0.1, -0.05) is 13.0 Å². The van der Waals surface area contributed by atoms with E-state index in [0.717, 1.165) is 23.6 Å². The SMILES string of the molecule is CCc1ccnc(CN=C(N)Nc2cccc(OC)c2)c1. The molecule has 0 spiro atoms. The number of hydrogen-bond acceptors (Lipinski definition) is 3. The number of pyridine rings is 1. The molecule has 1 aromatic heterocycles. The van der Waals surface area contributed by atoms with E-state index in [4.69, 9.17) is 10.5 Å². The normalized spacial score (nSPS) is 11.2. The van der Waals surface area contributed by atoms with Crippen molar-refractivity contribution < 1.29 is 4.74 Å². The lowest BCUT2D eigenvalue weighted by Crippen LogP contribution is -2.22. The average molecular weight is 284 g/mol. The molecule has 0 radical (unpaired) electrons. The minimum Gasteiger partial charge on any atom is -0.497 e. The van der Waals surface area contributed by atoms with Gasteiger partial charge in [-0.15, -0.1) is 0 Å². The number of aromatic nitrogens is 1. The molecule has 5 heteroatoms. The van der Waals surface area contributed by atoms with E-state index in [0.29, 0.717) is 12.5 Å². The van der Waals surface area contributed by atoms with E-state index in [1.54, 1.807) is 13.3 Å². The summed E-state index contributed by atoms with van der Waals surface area (Å²) in [6.45, 7) is 2.57. The summed E-state index contributed by atoms with van der Waals surface area (Å²) in [5.41, 5.74) is 8.88. The molecule has 1 aromatic carbocycles. The average Bonchev–Trinajstić information content (AvgIpc) is 2.53. The number of rotatable bonds is 5. The summed E-state index contributed by atoms with van der Waals surface area (Å²) >= 11 is 0. The summed E-state index contributed by atoms with van der Waals surface area (Å²) in [7, 11) is 1.63. The highest BCUT2D eigenvalue weighted by molar-refractivity contribution is 5.92. The monoisotopic (exact) mass is 284 g/mol. The van der Waals surface area contributed by atoms with Gasteiger partial charge in [-0.05, 0) is 36.2 Å². The van der Waals surface area contributed by atoms with Crippen LogP contribution in [-0.2, 0) is 13.0 Å². The first-order chi connectivity index (χ1) is 10.2. The highest BCUT2D eigenvalue weighted by Gasteiger charge is 1.99. The van der Waals surface area contributed by atoms with Gasteiger partial charge in [0.25, 0.3) is 0 Å². The van der Waals surface area contributed by atoms with E-state index in [2.05, 4.69) is 22.2 Å². The third-order valence-corrected chi connectivity index (χ3v) is 3.04. The van der Waals surface area contributed by atoms with Crippen LogP contribution in [0, 0.1) is 0 Å². The van der Waals surface area contributed by atoms with Crippen molar-refractivity contribution in [3.05, 3.63) is 53.9 Å². The predicted molar refractivity (Wildman–Crippen MR) is 85.6 cm³/mol.